The fourth-order valence-electron chi connectivity index (χ4n) is 2.98. The van der Waals surface area contributed by atoms with Gasteiger partial charge in [-0.1, -0.05) is 30.3 Å². The lowest BCUT2D eigenvalue weighted by Crippen LogP contribution is -2.37. The lowest BCUT2D eigenvalue weighted by molar-refractivity contribution is -0.121. The van der Waals surface area contributed by atoms with Crippen LogP contribution in [0.25, 0.3) is 0 Å². The van der Waals surface area contributed by atoms with Gasteiger partial charge in [0.2, 0.25) is 15.9 Å². The molecule has 1 unspecified atom stereocenters. The summed E-state index contributed by atoms with van der Waals surface area (Å²) in [7, 11) is -3.44. The van der Waals surface area contributed by atoms with Crippen LogP contribution < -0.4 is 14.4 Å². The molecule has 0 radical (unpaired) electrons. The molecule has 0 aliphatic heterocycles. The molecule has 0 aliphatic carbocycles. The zero-order chi connectivity index (χ0) is 21.4. The second-order valence-electron chi connectivity index (χ2n) is 7.25. The van der Waals surface area contributed by atoms with Gasteiger partial charge in [-0.3, -0.25) is 9.10 Å². The third kappa shape index (κ3) is 7.09. The fraction of sp³-hybridized carbons (Fsp3) is 0.409. The third-order valence-electron chi connectivity index (χ3n) is 4.66. The number of anilines is 1. The summed E-state index contributed by atoms with van der Waals surface area (Å²) in [4.78, 5) is 12.2. The number of para-hydroxylation sites is 1. The van der Waals surface area contributed by atoms with Gasteiger partial charge in [-0.15, -0.1) is 0 Å². The largest absolute Gasteiger partial charge is 0.491 e. The van der Waals surface area contributed by atoms with Gasteiger partial charge in [0, 0.05) is 13.0 Å². The van der Waals surface area contributed by atoms with Crippen LogP contribution in [-0.2, 0) is 14.8 Å². The number of nitrogens with one attached hydrogen (secondary N) is 1. The summed E-state index contributed by atoms with van der Waals surface area (Å²) in [6.45, 7) is 6.36. The van der Waals surface area contributed by atoms with Crippen molar-refractivity contribution in [2.45, 2.75) is 39.7 Å². The van der Waals surface area contributed by atoms with Gasteiger partial charge in [0.1, 0.15) is 12.4 Å². The number of nitrogens with zero attached hydrogens (tertiary/aromatic N) is 1. The highest BCUT2D eigenvalue weighted by Gasteiger charge is 2.20. The first kappa shape index (κ1) is 22.7. The van der Waals surface area contributed by atoms with Crippen LogP contribution in [-0.4, -0.2) is 39.8 Å². The van der Waals surface area contributed by atoms with Crippen LogP contribution in [0.2, 0.25) is 0 Å². The van der Waals surface area contributed by atoms with Crippen LogP contribution >= 0.6 is 0 Å². The maximum Gasteiger partial charge on any atom is 0.232 e. The summed E-state index contributed by atoms with van der Waals surface area (Å²) in [5.74, 6) is 0.634. The predicted octanol–water partition coefficient (Wildman–Crippen LogP) is 3.43. The Morgan fingerprint density at radius 1 is 1.10 bits per heavy atom. The second kappa shape index (κ2) is 10.3. The number of carbonyl (C=O) groups excluding carboxylic acids is 1. The van der Waals surface area contributed by atoms with E-state index in [4.69, 9.17) is 4.74 Å². The highest BCUT2D eigenvalue weighted by atomic mass is 32.2. The number of hydrogen-bond acceptors (Lipinski definition) is 4. The quantitative estimate of drug-likeness (QED) is 0.641. The van der Waals surface area contributed by atoms with Crippen molar-refractivity contribution in [3.05, 3.63) is 59.7 Å². The van der Waals surface area contributed by atoms with Gasteiger partial charge in [0.15, 0.2) is 0 Å². The summed E-state index contributed by atoms with van der Waals surface area (Å²) in [5.41, 5.74) is 2.62. The van der Waals surface area contributed by atoms with Crippen LogP contribution in [0.4, 0.5) is 5.69 Å². The number of ether oxygens (including phenoxy) is 1. The van der Waals surface area contributed by atoms with Crippen molar-refractivity contribution < 1.29 is 17.9 Å². The molecular formula is C22H30N2O4S. The van der Waals surface area contributed by atoms with Crippen molar-refractivity contribution in [2.24, 2.45) is 0 Å². The molecule has 0 saturated heterocycles. The van der Waals surface area contributed by atoms with E-state index in [0.29, 0.717) is 18.7 Å². The Labute approximate surface area is 173 Å². The summed E-state index contributed by atoms with van der Waals surface area (Å²) in [6.07, 6.45) is 1.86. The Balaban J connectivity index is 1.85. The maximum atomic E-state index is 12.3. The van der Waals surface area contributed by atoms with E-state index < -0.39 is 10.0 Å². The van der Waals surface area contributed by atoms with E-state index in [9.17, 15) is 13.2 Å². The van der Waals surface area contributed by atoms with E-state index in [-0.39, 0.29) is 24.9 Å². The molecule has 2 rings (SSSR count). The molecule has 158 valence electrons. The van der Waals surface area contributed by atoms with Gasteiger partial charge in [-0.05, 0) is 56.5 Å². The number of hydrogen-bond donors (Lipinski definition) is 1. The molecule has 0 spiro atoms. The van der Waals surface area contributed by atoms with Crippen molar-refractivity contribution in [2.75, 3.05) is 23.7 Å². The molecule has 7 heteroatoms. The number of aryl methyl sites for hydroxylation is 1. The van der Waals surface area contributed by atoms with Crippen LogP contribution in [0.1, 0.15) is 30.9 Å². The monoisotopic (exact) mass is 418 g/mol. The van der Waals surface area contributed by atoms with Crippen molar-refractivity contribution in [3.63, 3.8) is 0 Å². The van der Waals surface area contributed by atoms with Crippen molar-refractivity contribution >= 4 is 21.6 Å². The number of carbonyl (C=O) groups is 1. The molecule has 0 bridgehead atoms. The second-order valence-corrected chi connectivity index (χ2v) is 9.16. The molecule has 0 aliphatic rings. The van der Waals surface area contributed by atoms with Gasteiger partial charge in [-0.2, -0.15) is 0 Å². The minimum atomic E-state index is -3.44. The van der Waals surface area contributed by atoms with E-state index >= 15 is 0 Å². The lowest BCUT2D eigenvalue weighted by atomic mass is 10.1. The Hall–Kier alpha value is -2.54. The molecule has 1 amide bonds. The topological polar surface area (TPSA) is 75.7 Å². The van der Waals surface area contributed by atoms with Crippen molar-refractivity contribution in [3.8, 4) is 5.75 Å². The minimum Gasteiger partial charge on any atom is -0.491 e. The summed E-state index contributed by atoms with van der Waals surface area (Å²) < 4.78 is 31.6. The number of rotatable bonds is 10. The standard InChI is InChI=1S/C22H30N2O4S/c1-17-10-8-13-21(19(17)3)24(29(4,26)27)15-9-14-22(25)23-18(2)16-28-20-11-6-5-7-12-20/h5-8,10-13,18H,9,14-16H2,1-4H3,(H,23,25). The highest BCUT2D eigenvalue weighted by molar-refractivity contribution is 7.92. The van der Waals surface area contributed by atoms with E-state index in [1.165, 1.54) is 10.6 Å². The highest BCUT2D eigenvalue weighted by Crippen LogP contribution is 2.25. The Bertz CT molecular complexity index is 914. The molecule has 2 aromatic carbocycles. The SMILES string of the molecule is Cc1cccc(N(CCCC(=O)NC(C)COc2ccccc2)S(C)(=O)=O)c1C. The molecule has 1 N–H and O–H groups in total. The zero-order valence-electron chi connectivity index (χ0n) is 17.5. The third-order valence-corrected chi connectivity index (χ3v) is 5.84. The molecular weight excluding hydrogens is 388 g/mol. The minimum absolute atomic E-state index is 0.122. The average molecular weight is 419 g/mol. The molecule has 0 saturated carbocycles. The first-order chi connectivity index (χ1) is 13.7. The number of amides is 1. The molecule has 0 fully saturated rings. The molecule has 2 aromatic rings. The van der Waals surface area contributed by atoms with Gasteiger partial charge >= 0.3 is 0 Å². The Morgan fingerprint density at radius 3 is 2.45 bits per heavy atom. The number of sulfonamides is 1. The van der Waals surface area contributed by atoms with Gasteiger partial charge in [0.25, 0.3) is 0 Å². The molecule has 1 atom stereocenters. The summed E-state index contributed by atoms with van der Waals surface area (Å²) >= 11 is 0. The summed E-state index contributed by atoms with van der Waals surface area (Å²) in [5, 5.41) is 2.89. The smallest absolute Gasteiger partial charge is 0.232 e. The van der Waals surface area contributed by atoms with Crippen LogP contribution in [0.15, 0.2) is 48.5 Å². The van der Waals surface area contributed by atoms with Gasteiger partial charge in [0.05, 0.1) is 18.0 Å². The molecule has 0 aromatic heterocycles. The van der Waals surface area contributed by atoms with Crippen LogP contribution in [0, 0.1) is 13.8 Å². The molecule has 6 nitrogen and oxygen atoms in total. The Kier molecular flexibility index (Phi) is 8.08. The molecule has 29 heavy (non-hydrogen) atoms. The Morgan fingerprint density at radius 2 is 1.79 bits per heavy atom. The van der Waals surface area contributed by atoms with E-state index in [1.54, 1.807) is 6.07 Å². The van der Waals surface area contributed by atoms with Gasteiger partial charge < -0.3 is 10.1 Å². The van der Waals surface area contributed by atoms with Crippen LogP contribution in [0.3, 0.4) is 0 Å². The van der Waals surface area contributed by atoms with Crippen molar-refractivity contribution in [1.82, 2.24) is 5.32 Å². The molecule has 0 heterocycles. The fourth-order valence-corrected chi connectivity index (χ4v) is 4.00. The number of benzene rings is 2. The lowest BCUT2D eigenvalue weighted by Gasteiger charge is -2.25. The zero-order valence-corrected chi connectivity index (χ0v) is 18.3. The van der Waals surface area contributed by atoms with Crippen LogP contribution in [0.5, 0.6) is 5.75 Å². The first-order valence-corrected chi connectivity index (χ1v) is 11.5. The summed E-state index contributed by atoms with van der Waals surface area (Å²) in [6, 6.07) is 14.9. The van der Waals surface area contributed by atoms with Crippen molar-refractivity contribution in [1.29, 1.82) is 0 Å². The van der Waals surface area contributed by atoms with E-state index in [1.807, 2.05) is 63.2 Å². The average Bonchev–Trinajstić information content (AvgIpc) is 2.66. The first-order valence-electron chi connectivity index (χ1n) is 9.69. The van der Waals surface area contributed by atoms with E-state index in [0.717, 1.165) is 16.9 Å². The predicted molar refractivity (Wildman–Crippen MR) is 117 cm³/mol. The van der Waals surface area contributed by atoms with E-state index in [2.05, 4.69) is 5.32 Å². The maximum absolute atomic E-state index is 12.3. The van der Waals surface area contributed by atoms with Gasteiger partial charge in [-0.25, -0.2) is 8.42 Å². The normalized spacial score (nSPS) is 12.3.